The summed E-state index contributed by atoms with van der Waals surface area (Å²) in [7, 11) is 2.32. The van der Waals surface area contributed by atoms with Crippen LogP contribution in [0.1, 0.15) is 48.8 Å². The molecule has 2 bridgehead atoms. The molecule has 0 radical (unpaired) electrons. The number of piperidine rings is 1. The monoisotopic (exact) mass is 370 g/mol. The van der Waals surface area contributed by atoms with Crippen molar-refractivity contribution in [3.05, 3.63) is 28.8 Å². The lowest BCUT2D eigenvalue weighted by Gasteiger charge is -2.64. The highest BCUT2D eigenvalue weighted by atomic mass is 16.5. The maximum absolute atomic E-state index is 12.9. The number of hydrogen-bond donors (Lipinski definition) is 2. The number of ketones is 1. The van der Waals surface area contributed by atoms with Crippen LogP contribution in [0.15, 0.2) is 12.1 Å². The van der Waals surface area contributed by atoms with E-state index in [-0.39, 0.29) is 18.4 Å². The Bertz CT molecular complexity index is 864. The number of likely N-dealkylation sites (N-methyl/N-ethyl adjacent to an activating group) is 1. The lowest BCUT2D eigenvalue weighted by atomic mass is 9.48. The molecule has 2 saturated carbocycles. The lowest BCUT2D eigenvalue weighted by Crippen LogP contribution is -2.80. The Morgan fingerprint density at radius 2 is 2.11 bits per heavy atom. The Labute approximate surface area is 159 Å². The molecule has 5 nitrogen and oxygen atoms in total. The van der Waals surface area contributed by atoms with Crippen molar-refractivity contribution in [1.82, 2.24) is 0 Å². The topological polar surface area (TPSA) is 66.8 Å². The van der Waals surface area contributed by atoms with E-state index < -0.39 is 17.1 Å². The van der Waals surface area contributed by atoms with E-state index in [1.807, 2.05) is 6.07 Å². The standard InChI is InChI=1S/C22H28NO4/c1-23(11-13-2-3-13)9-8-21-18-14-4-5-15(12-24)19(18)27-20(21)16(25)6-7-22(21,26)17(23)10-14/h4-5,13,17,20,24,26H,2-3,6-12H2,1H3/q+1/t17-,20-,21-,22+,23+/m0/s1. The van der Waals surface area contributed by atoms with Gasteiger partial charge in [-0.15, -0.1) is 0 Å². The first-order valence-electron chi connectivity index (χ1n) is 10.4. The molecule has 0 unspecified atom stereocenters. The molecule has 5 aliphatic rings. The van der Waals surface area contributed by atoms with Crippen molar-refractivity contribution in [2.24, 2.45) is 5.92 Å². The average Bonchev–Trinajstić information content (AvgIpc) is 3.37. The molecule has 5 atom stereocenters. The molecule has 1 aromatic rings. The Morgan fingerprint density at radius 3 is 2.85 bits per heavy atom. The minimum absolute atomic E-state index is 0.100. The summed E-state index contributed by atoms with van der Waals surface area (Å²) in [5.74, 6) is 1.59. The maximum Gasteiger partial charge on any atom is 0.174 e. The van der Waals surface area contributed by atoms with E-state index in [0.29, 0.717) is 18.6 Å². The van der Waals surface area contributed by atoms with Gasteiger partial charge in [0, 0.05) is 36.3 Å². The normalized spacial score (nSPS) is 44.0. The molecular weight excluding hydrogens is 342 g/mol. The number of rotatable bonds is 3. The quantitative estimate of drug-likeness (QED) is 0.791. The van der Waals surface area contributed by atoms with Gasteiger partial charge in [-0.2, -0.15) is 0 Å². The summed E-state index contributed by atoms with van der Waals surface area (Å²) in [5, 5.41) is 22.1. The molecule has 2 N–H and O–H groups in total. The first-order valence-corrected chi connectivity index (χ1v) is 10.4. The van der Waals surface area contributed by atoms with Crippen LogP contribution in [0.3, 0.4) is 0 Å². The number of Topliss-reactive ketones (excluding diaryl/α,β-unsaturated/α-hetero) is 1. The van der Waals surface area contributed by atoms with Crippen LogP contribution in [0.2, 0.25) is 0 Å². The van der Waals surface area contributed by atoms with Crippen LogP contribution < -0.4 is 4.74 Å². The van der Waals surface area contributed by atoms with E-state index in [9.17, 15) is 15.0 Å². The first kappa shape index (κ1) is 16.5. The Balaban J connectivity index is 1.59. The second-order valence-electron chi connectivity index (χ2n) is 9.90. The van der Waals surface area contributed by atoms with Gasteiger partial charge in [-0.1, -0.05) is 12.1 Å². The number of likely N-dealkylation sites (tertiary alicyclic amines) is 1. The van der Waals surface area contributed by atoms with E-state index in [4.69, 9.17) is 4.74 Å². The van der Waals surface area contributed by atoms with Gasteiger partial charge in [0.05, 0.1) is 32.2 Å². The zero-order valence-corrected chi connectivity index (χ0v) is 15.9. The average molecular weight is 370 g/mol. The number of aliphatic hydroxyl groups excluding tert-OH is 1. The molecular formula is C22H28NO4+. The van der Waals surface area contributed by atoms with E-state index >= 15 is 0 Å². The minimum atomic E-state index is -0.903. The van der Waals surface area contributed by atoms with Gasteiger partial charge in [-0.3, -0.25) is 4.79 Å². The van der Waals surface area contributed by atoms with Crippen molar-refractivity contribution < 1.29 is 24.2 Å². The number of ether oxygens (including phenoxy) is 1. The predicted octanol–water partition coefficient (Wildman–Crippen LogP) is 1.46. The van der Waals surface area contributed by atoms with Crippen LogP contribution in [-0.4, -0.2) is 58.4 Å². The van der Waals surface area contributed by atoms with Crippen molar-refractivity contribution in [1.29, 1.82) is 0 Å². The molecule has 2 aliphatic heterocycles. The highest BCUT2D eigenvalue weighted by Crippen LogP contribution is 2.65. The number of nitrogens with zero attached hydrogens (tertiary/aromatic N) is 1. The Hall–Kier alpha value is -1.43. The third-order valence-corrected chi connectivity index (χ3v) is 8.55. The van der Waals surface area contributed by atoms with Gasteiger partial charge in [0.1, 0.15) is 17.4 Å². The van der Waals surface area contributed by atoms with E-state index in [0.717, 1.165) is 47.5 Å². The number of benzene rings is 1. The van der Waals surface area contributed by atoms with Gasteiger partial charge in [0.25, 0.3) is 0 Å². The largest absolute Gasteiger partial charge is 0.481 e. The molecule has 2 heterocycles. The fraction of sp³-hybridized carbons (Fsp3) is 0.682. The summed E-state index contributed by atoms with van der Waals surface area (Å²) in [6.45, 7) is 2.02. The van der Waals surface area contributed by atoms with Gasteiger partial charge in [0.15, 0.2) is 11.9 Å². The molecule has 0 amide bonds. The fourth-order valence-corrected chi connectivity index (χ4v) is 7.13. The molecule has 3 fully saturated rings. The number of hydrogen-bond acceptors (Lipinski definition) is 4. The predicted molar refractivity (Wildman–Crippen MR) is 98.4 cm³/mol. The van der Waals surface area contributed by atoms with Crippen LogP contribution in [0.5, 0.6) is 5.75 Å². The van der Waals surface area contributed by atoms with E-state index in [1.54, 1.807) is 0 Å². The molecule has 1 aromatic carbocycles. The molecule has 6 rings (SSSR count). The Morgan fingerprint density at radius 1 is 1.30 bits per heavy atom. The summed E-state index contributed by atoms with van der Waals surface area (Å²) in [6.07, 6.45) is 4.59. The molecule has 144 valence electrons. The second-order valence-corrected chi connectivity index (χ2v) is 9.90. The van der Waals surface area contributed by atoms with Gasteiger partial charge in [-0.25, -0.2) is 0 Å². The fourth-order valence-electron chi connectivity index (χ4n) is 7.13. The molecule has 1 saturated heterocycles. The maximum atomic E-state index is 12.9. The summed E-state index contributed by atoms with van der Waals surface area (Å²) < 4.78 is 7.18. The van der Waals surface area contributed by atoms with Crippen LogP contribution >= 0.6 is 0 Å². The molecule has 3 aliphatic carbocycles. The summed E-state index contributed by atoms with van der Waals surface area (Å²) in [4.78, 5) is 12.9. The molecule has 27 heavy (non-hydrogen) atoms. The number of carbonyl (C=O) groups excluding carboxylic acids is 1. The van der Waals surface area contributed by atoms with Crippen LogP contribution in [0.4, 0.5) is 0 Å². The highest BCUT2D eigenvalue weighted by Gasteiger charge is 2.76. The number of aliphatic hydroxyl groups is 2. The number of carbonyl (C=O) groups is 1. The zero-order chi connectivity index (χ0) is 18.6. The van der Waals surface area contributed by atoms with Gasteiger partial charge >= 0.3 is 0 Å². The van der Waals surface area contributed by atoms with Crippen molar-refractivity contribution in [2.45, 2.75) is 68.3 Å². The van der Waals surface area contributed by atoms with Crippen molar-refractivity contribution in [3.63, 3.8) is 0 Å². The molecule has 0 aromatic heterocycles. The van der Waals surface area contributed by atoms with Crippen LogP contribution in [0, 0.1) is 5.92 Å². The van der Waals surface area contributed by atoms with Crippen LogP contribution in [0.25, 0.3) is 0 Å². The summed E-state index contributed by atoms with van der Waals surface area (Å²) in [6, 6.07) is 4.17. The molecule has 5 heteroatoms. The Kier molecular flexibility index (Phi) is 3.02. The van der Waals surface area contributed by atoms with Gasteiger partial charge in [0.2, 0.25) is 0 Å². The second kappa shape index (κ2) is 4.94. The third-order valence-electron chi connectivity index (χ3n) is 8.55. The third kappa shape index (κ3) is 1.79. The van der Waals surface area contributed by atoms with Crippen LogP contribution in [-0.2, 0) is 23.2 Å². The minimum Gasteiger partial charge on any atom is -0.481 e. The first-order chi connectivity index (χ1) is 12.9. The number of quaternary nitrogens is 1. The molecule has 1 spiro atoms. The SMILES string of the molecule is C[N@+]1(CC2CC2)CC[C@]23c4c5ccc(CO)c4O[C@H]2C(=O)CC[C@@]3(O)[C@@H]1C5. The highest BCUT2D eigenvalue weighted by molar-refractivity contribution is 5.89. The van der Waals surface area contributed by atoms with Crippen molar-refractivity contribution >= 4 is 5.78 Å². The smallest absolute Gasteiger partial charge is 0.174 e. The van der Waals surface area contributed by atoms with Gasteiger partial charge < -0.3 is 19.4 Å². The van der Waals surface area contributed by atoms with E-state index in [2.05, 4.69) is 13.1 Å². The lowest BCUT2D eigenvalue weighted by molar-refractivity contribution is -0.950. The van der Waals surface area contributed by atoms with Crippen molar-refractivity contribution in [2.75, 3.05) is 20.1 Å². The van der Waals surface area contributed by atoms with E-state index in [1.165, 1.54) is 18.4 Å². The zero-order valence-electron chi connectivity index (χ0n) is 15.9. The summed E-state index contributed by atoms with van der Waals surface area (Å²) in [5.41, 5.74) is 1.48. The summed E-state index contributed by atoms with van der Waals surface area (Å²) >= 11 is 0. The van der Waals surface area contributed by atoms with Gasteiger partial charge in [-0.05, 0) is 24.8 Å². The van der Waals surface area contributed by atoms with Crippen molar-refractivity contribution in [3.8, 4) is 5.75 Å².